The number of thiophene rings is 1. The predicted molar refractivity (Wildman–Crippen MR) is 120 cm³/mol. The third-order valence-electron chi connectivity index (χ3n) is 5.93. The van der Waals surface area contributed by atoms with Gasteiger partial charge in [0.05, 0.1) is 0 Å². The minimum atomic E-state index is -3.83. The van der Waals surface area contributed by atoms with E-state index in [1.165, 1.54) is 16.2 Å². The molecule has 2 aliphatic heterocycles. The second-order valence-corrected chi connectivity index (χ2v) is 11.1. The van der Waals surface area contributed by atoms with Crippen molar-refractivity contribution in [1.29, 1.82) is 0 Å². The molecule has 2 fully saturated rings. The van der Waals surface area contributed by atoms with Crippen LogP contribution in [0.2, 0.25) is 0 Å². The minimum Gasteiger partial charge on any atom is -0.341 e. The largest absolute Gasteiger partial charge is 0.341 e. The normalized spacial score (nSPS) is 20.8. The van der Waals surface area contributed by atoms with E-state index in [1.54, 1.807) is 19.1 Å². The van der Waals surface area contributed by atoms with Crippen molar-refractivity contribution in [3.05, 3.63) is 42.5 Å². The first-order valence-electron chi connectivity index (χ1n) is 10.6. The van der Waals surface area contributed by atoms with E-state index in [0.717, 1.165) is 42.8 Å². The molecule has 0 radical (unpaired) electrons. The molecule has 9 heteroatoms. The third-order valence-corrected chi connectivity index (χ3v) is 9.03. The van der Waals surface area contributed by atoms with Gasteiger partial charge < -0.3 is 9.80 Å². The molecule has 1 unspecified atom stereocenters. The fraction of sp³-hybridized carbons (Fsp3) is 0.455. The summed E-state index contributed by atoms with van der Waals surface area (Å²) in [7, 11) is -3.83. The van der Waals surface area contributed by atoms with Crippen LogP contribution in [0.1, 0.15) is 32.6 Å². The molecule has 7 nitrogen and oxygen atoms in total. The number of carbonyl (C=O) groups excluding carboxylic acids is 2. The van der Waals surface area contributed by atoms with E-state index in [0.29, 0.717) is 13.0 Å². The van der Waals surface area contributed by atoms with Crippen molar-refractivity contribution in [2.24, 2.45) is 0 Å². The zero-order chi connectivity index (χ0) is 22.0. The summed E-state index contributed by atoms with van der Waals surface area (Å²) in [6.07, 6.45) is 3.45. The van der Waals surface area contributed by atoms with E-state index >= 15 is 0 Å². The first kappa shape index (κ1) is 22.0. The Bertz CT molecular complexity index is 1050. The van der Waals surface area contributed by atoms with Gasteiger partial charge in [-0.25, -0.2) is 8.42 Å². The molecule has 1 aromatic heterocycles. The summed E-state index contributed by atoms with van der Waals surface area (Å²) in [5.74, 6) is -0.386. The van der Waals surface area contributed by atoms with Crippen molar-refractivity contribution in [2.75, 3.05) is 19.6 Å². The average molecular weight is 462 g/mol. The summed E-state index contributed by atoms with van der Waals surface area (Å²) in [5.41, 5.74) is 0.946. The van der Waals surface area contributed by atoms with E-state index in [4.69, 9.17) is 0 Å². The lowest BCUT2D eigenvalue weighted by atomic mass is 10.1. The number of carbonyl (C=O) groups is 2. The quantitative estimate of drug-likeness (QED) is 0.717. The van der Waals surface area contributed by atoms with Gasteiger partial charge in [0.1, 0.15) is 16.3 Å². The van der Waals surface area contributed by atoms with Crippen LogP contribution >= 0.6 is 11.3 Å². The first-order chi connectivity index (χ1) is 14.9. The van der Waals surface area contributed by atoms with Crippen molar-refractivity contribution in [3.63, 3.8) is 0 Å². The van der Waals surface area contributed by atoms with E-state index < -0.39 is 22.1 Å². The summed E-state index contributed by atoms with van der Waals surface area (Å²) in [6.45, 7) is 3.55. The van der Waals surface area contributed by atoms with Crippen molar-refractivity contribution < 1.29 is 18.0 Å². The first-order valence-corrected chi connectivity index (χ1v) is 12.9. The molecule has 166 valence electrons. The molecular formula is C22H27N3O4S2. The van der Waals surface area contributed by atoms with Crippen molar-refractivity contribution in [2.45, 2.75) is 48.9 Å². The number of hydrogen-bond acceptors (Lipinski definition) is 5. The molecule has 2 aromatic rings. The van der Waals surface area contributed by atoms with Gasteiger partial charge in [-0.3, -0.25) is 9.59 Å². The van der Waals surface area contributed by atoms with E-state index in [9.17, 15) is 18.0 Å². The van der Waals surface area contributed by atoms with Crippen LogP contribution in [-0.4, -0.2) is 61.7 Å². The zero-order valence-electron chi connectivity index (χ0n) is 17.5. The number of rotatable bonds is 6. The molecule has 1 aromatic carbocycles. The van der Waals surface area contributed by atoms with Gasteiger partial charge in [0.25, 0.3) is 10.0 Å². The van der Waals surface area contributed by atoms with Gasteiger partial charge in [-0.2, -0.15) is 4.72 Å². The SMILES string of the molecule is C[C@@H](C(=O)N1CCCCC1)N1CCC(NS(=O)(=O)c2ccc(-c3ccccc3)s2)C1=O. The van der Waals surface area contributed by atoms with Crippen molar-refractivity contribution >= 4 is 33.2 Å². The highest BCUT2D eigenvalue weighted by Gasteiger charge is 2.40. The maximum absolute atomic E-state index is 12.9. The predicted octanol–water partition coefficient (Wildman–Crippen LogP) is 2.70. The van der Waals surface area contributed by atoms with Crippen LogP contribution in [0.3, 0.4) is 0 Å². The highest BCUT2D eigenvalue weighted by Crippen LogP contribution is 2.31. The number of sulfonamides is 1. The highest BCUT2D eigenvalue weighted by molar-refractivity contribution is 7.91. The van der Waals surface area contributed by atoms with Crippen LogP contribution in [0, 0.1) is 0 Å². The minimum absolute atomic E-state index is 0.0534. The fourth-order valence-electron chi connectivity index (χ4n) is 4.18. The second kappa shape index (κ2) is 9.10. The Morgan fingerprint density at radius 2 is 1.77 bits per heavy atom. The lowest BCUT2D eigenvalue weighted by Crippen LogP contribution is -2.51. The van der Waals surface area contributed by atoms with Gasteiger partial charge in [0, 0.05) is 24.5 Å². The number of nitrogens with zero attached hydrogens (tertiary/aromatic N) is 2. The maximum Gasteiger partial charge on any atom is 0.250 e. The van der Waals surface area contributed by atoms with Crippen LogP contribution in [0.4, 0.5) is 0 Å². The molecule has 0 spiro atoms. The number of nitrogens with one attached hydrogen (secondary N) is 1. The summed E-state index contributed by atoms with van der Waals surface area (Å²) in [5, 5.41) is 0. The Hall–Kier alpha value is -2.23. The summed E-state index contributed by atoms with van der Waals surface area (Å²) in [6, 6.07) is 11.5. The van der Waals surface area contributed by atoms with Crippen LogP contribution in [0.5, 0.6) is 0 Å². The molecule has 0 saturated carbocycles. The topological polar surface area (TPSA) is 86.8 Å². The fourth-order valence-corrected chi connectivity index (χ4v) is 6.73. The standard InChI is InChI=1S/C22H27N3O4S2/c1-16(21(26)24-13-6-3-7-14-24)25-15-12-18(22(25)27)23-31(28,29)20-11-10-19(30-20)17-8-4-2-5-9-17/h2,4-5,8-11,16,18,23H,3,6-7,12-15H2,1H3/t16-,18?/m0/s1. The molecule has 2 aliphatic rings. The Balaban J connectivity index is 1.42. The van der Waals surface area contributed by atoms with Crippen molar-refractivity contribution in [1.82, 2.24) is 14.5 Å². The molecule has 2 saturated heterocycles. The van der Waals surface area contributed by atoms with Crippen LogP contribution in [0.25, 0.3) is 10.4 Å². The number of likely N-dealkylation sites (tertiary alicyclic amines) is 2. The second-order valence-electron chi connectivity index (χ2n) is 8.04. The van der Waals surface area contributed by atoms with Crippen LogP contribution in [0.15, 0.2) is 46.7 Å². The highest BCUT2D eigenvalue weighted by atomic mass is 32.2. The van der Waals surface area contributed by atoms with Crippen LogP contribution < -0.4 is 4.72 Å². The van der Waals surface area contributed by atoms with Crippen LogP contribution in [-0.2, 0) is 19.6 Å². The molecular weight excluding hydrogens is 434 g/mol. The molecule has 0 bridgehead atoms. The molecule has 4 rings (SSSR count). The monoisotopic (exact) mass is 461 g/mol. The third kappa shape index (κ3) is 4.68. The average Bonchev–Trinajstić information content (AvgIpc) is 3.42. The molecule has 0 aliphatic carbocycles. The Morgan fingerprint density at radius 3 is 2.48 bits per heavy atom. The lowest BCUT2D eigenvalue weighted by molar-refractivity contribution is -0.143. The van der Waals surface area contributed by atoms with E-state index in [2.05, 4.69) is 4.72 Å². The zero-order valence-corrected chi connectivity index (χ0v) is 19.1. The number of piperidine rings is 1. The number of amides is 2. The van der Waals surface area contributed by atoms with Crippen molar-refractivity contribution in [3.8, 4) is 10.4 Å². The number of hydrogen-bond donors (Lipinski definition) is 1. The molecule has 2 atom stereocenters. The van der Waals surface area contributed by atoms with Gasteiger partial charge in [-0.15, -0.1) is 11.3 Å². The molecule has 1 N–H and O–H groups in total. The molecule has 3 heterocycles. The van der Waals surface area contributed by atoms with Gasteiger partial charge in [0.15, 0.2) is 0 Å². The molecule has 31 heavy (non-hydrogen) atoms. The Morgan fingerprint density at radius 1 is 1.06 bits per heavy atom. The summed E-state index contributed by atoms with van der Waals surface area (Å²) >= 11 is 1.17. The summed E-state index contributed by atoms with van der Waals surface area (Å²) < 4.78 is 28.5. The lowest BCUT2D eigenvalue weighted by Gasteiger charge is -2.32. The van der Waals surface area contributed by atoms with E-state index in [1.807, 2.05) is 35.2 Å². The Kier molecular flexibility index (Phi) is 6.45. The Labute approximate surface area is 187 Å². The van der Waals surface area contributed by atoms with Gasteiger partial charge >= 0.3 is 0 Å². The van der Waals surface area contributed by atoms with Gasteiger partial charge in [-0.1, -0.05) is 30.3 Å². The smallest absolute Gasteiger partial charge is 0.250 e. The van der Waals surface area contributed by atoms with E-state index in [-0.39, 0.29) is 16.0 Å². The van der Waals surface area contributed by atoms with Gasteiger partial charge in [-0.05, 0) is 50.3 Å². The number of benzene rings is 1. The molecule has 2 amide bonds. The van der Waals surface area contributed by atoms with Gasteiger partial charge in [0.2, 0.25) is 11.8 Å². The summed E-state index contributed by atoms with van der Waals surface area (Å²) in [4.78, 5) is 29.8. The maximum atomic E-state index is 12.9.